The number of benzene rings is 3. The van der Waals surface area contributed by atoms with Gasteiger partial charge in [0.1, 0.15) is 23.8 Å². The Morgan fingerprint density at radius 1 is 1.03 bits per heavy atom. The van der Waals surface area contributed by atoms with Gasteiger partial charge in [0.05, 0.1) is 32.0 Å². The fourth-order valence-corrected chi connectivity index (χ4v) is 4.18. The SMILES string of the molecule is COc1ccc(-c2nn(-c3ccccc3)cc2C(=O)N(C)C[C@H]2COc3ccccc3O2)c(OC)c1. The number of carbonyl (C=O) groups excluding carboxylic acids is 1. The molecule has 5 rings (SSSR count). The molecule has 184 valence electrons. The summed E-state index contributed by atoms with van der Waals surface area (Å²) in [5, 5.41) is 4.79. The van der Waals surface area contributed by atoms with Crippen LogP contribution in [0.3, 0.4) is 0 Å². The van der Waals surface area contributed by atoms with Crippen LogP contribution in [-0.4, -0.2) is 61.1 Å². The topological polar surface area (TPSA) is 75.1 Å². The Morgan fingerprint density at radius 3 is 2.53 bits per heavy atom. The standard InChI is InChI=1S/C28H27N3O5/c1-30(16-21-18-35-24-11-7-8-12-25(24)36-21)28(32)23-17-31(19-9-5-4-6-10-19)29-27(23)22-14-13-20(33-2)15-26(22)34-3/h4-15,17,21H,16,18H2,1-3H3/t21-/m0/s1. The predicted molar refractivity (Wildman–Crippen MR) is 135 cm³/mol. The number of likely N-dealkylation sites (N-methyl/N-ethyl adjacent to an activating group) is 1. The number of para-hydroxylation sites is 3. The fraction of sp³-hybridized carbons (Fsp3) is 0.214. The van der Waals surface area contributed by atoms with Gasteiger partial charge in [-0.1, -0.05) is 30.3 Å². The molecule has 1 aromatic heterocycles. The van der Waals surface area contributed by atoms with Crippen molar-refractivity contribution in [3.05, 3.63) is 84.6 Å². The minimum absolute atomic E-state index is 0.187. The Kier molecular flexibility index (Phi) is 6.49. The molecule has 8 heteroatoms. The lowest BCUT2D eigenvalue weighted by Crippen LogP contribution is -2.41. The van der Waals surface area contributed by atoms with E-state index in [0.717, 1.165) is 5.69 Å². The van der Waals surface area contributed by atoms with Crippen molar-refractivity contribution in [2.75, 3.05) is 34.4 Å². The summed E-state index contributed by atoms with van der Waals surface area (Å²) in [5.41, 5.74) is 2.49. The van der Waals surface area contributed by atoms with Gasteiger partial charge in [-0.15, -0.1) is 0 Å². The molecule has 8 nitrogen and oxygen atoms in total. The molecule has 0 saturated carbocycles. The molecule has 0 bridgehead atoms. The number of hydrogen-bond donors (Lipinski definition) is 0. The monoisotopic (exact) mass is 485 g/mol. The average molecular weight is 486 g/mol. The lowest BCUT2D eigenvalue weighted by molar-refractivity contribution is 0.0521. The molecule has 1 amide bonds. The van der Waals surface area contributed by atoms with Gasteiger partial charge in [0.25, 0.3) is 5.91 Å². The van der Waals surface area contributed by atoms with E-state index < -0.39 is 0 Å². The zero-order chi connectivity index (χ0) is 25.1. The van der Waals surface area contributed by atoms with Gasteiger partial charge >= 0.3 is 0 Å². The highest BCUT2D eigenvalue weighted by Crippen LogP contribution is 2.35. The van der Waals surface area contributed by atoms with Crippen LogP contribution in [0.25, 0.3) is 16.9 Å². The molecule has 4 aromatic rings. The normalized spacial score (nSPS) is 14.2. The maximum atomic E-state index is 13.7. The molecule has 0 spiro atoms. The van der Waals surface area contributed by atoms with Crippen molar-refractivity contribution < 1.29 is 23.7 Å². The highest BCUT2D eigenvalue weighted by atomic mass is 16.6. The number of nitrogens with zero attached hydrogens (tertiary/aromatic N) is 3. The summed E-state index contributed by atoms with van der Waals surface area (Å²) in [6.45, 7) is 0.708. The zero-order valence-corrected chi connectivity index (χ0v) is 20.4. The van der Waals surface area contributed by atoms with Crippen LogP contribution >= 0.6 is 0 Å². The van der Waals surface area contributed by atoms with Crippen molar-refractivity contribution in [3.8, 4) is 39.9 Å². The molecule has 1 aliphatic rings. The fourth-order valence-electron chi connectivity index (χ4n) is 4.18. The second kappa shape index (κ2) is 10.0. The first-order valence-corrected chi connectivity index (χ1v) is 11.6. The summed E-state index contributed by atoms with van der Waals surface area (Å²) in [5.74, 6) is 2.41. The Labute approximate surface area is 209 Å². The first-order chi connectivity index (χ1) is 17.6. The number of hydrogen-bond acceptors (Lipinski definition) is 6. The quantitative estimate of drug-likeness (QED) is 0.385. The summed E-state index contributed by atoms with van der Waals surface area (Å²) in [6, 6.07) is 22.6. The third-order valence-electron chi connectivity index (χ3n) is 6.02. The first-order valence-electron chi connectivity index (χ1n) is 11.6. The van der Waals surface area contributed by atoms with Crippen molar-refractivity contribution in [3.63, 3.8) is 0 Å². The van der Waals surface area contributed by atoms with Gasteiger partial charge in [0, 0.05) is 24.9 Å². The smallest absolute Gasteiger partial charge is 0.257 e. The lowest BCUT2D eigenvalue weighted by Gasteiger charge is -2.29. The molecule has 1 atom stereocenters. The highest BCUT2D eigenvalue weighted by Gasteiger charge is 2.28. The van der Waals surface area contributed by atoms with Gasteiger partial charge in [0.2, 0.25) is 0 Å². The van der Waals surface area contributed by atoms with E-state index >= 15 is 0 Å². The minimum atomic E-state index is -0.294. The molecule has 0 fully saturated rings. The summed E-state index contributed by atoms with van der Waals surface area (Å²) >= 11 is 0. The van der Waals surface area contributed by atoms with E-state index in [1.165, 1.54) is 0 Å². The van der Waals surface area contributed by atoms with Gasteiger partial charge in [-0.3, -0.25) is 4.79 Å². The number of aromatic nitrogens is 2. The van der Waals surface area contributed by atoms with E-state index in [4.69, 9.17) is 24.0 Å². The molecule has 1 aliphatic heterocycles. The van der Waals surface area contributed by atoms with Crippen LogP contribution in [0.1, 0.15) is 10.4 Å². The Hall–Kier alpha value is -4.46. The molecular weight excluding hydrogens is 458 g/mol. The van der Waals surface area contributed by atoms with Gasteiger partial charge in [-0.05, 0) is 36.4 Å². The first kappa shape index (κ1) is 23.3. The van der Waals surface area contributed by atoms with Crippen LogP contribution < -0.4 is 18.9 Å². The van der Waals surface area contributed by atoms with Crippen LogP contribution in [0.2, 0.25) is 0 Å². The predicted octanol–water partition coefficient (Wildman–Crippen LogP) is 4.47. The number of ether oxygens (including phenoxy) is 4. The number of fused-ring (bicyclic) bond motifs is 1. The Morgan fingerprint density at radius 2 is 1.78 bits per heavy atom. The van der Waals surface area contributed by atoms with Gasteiger partial charge in [-0.25, -0.2) is 4.68 Å². The van der Waals surface area contributed by atoms with Gasteiger partial charge in [0.15, 0.2) is 17.6 Å². The average Bonchev–Trinajstić information content (AvgIpc) is 3.38. The van der Waals surface area contributed by atoms with Crippen molar-refractivity contribution in [1.29, 1.82) is 0 Å². The minimum Gasteiger partial charge on any atom is -0.497 e. The van der Waals surface area contributed by atoms with Crippen LogP contribution in [-0.2, 0) is 0 Å². The van der Waals surface area contributed by atoms with E-state index in [1.54, 1.807) is 43.1 Å². The third kappa shape index (κ3) is 4.57. The number of rotatable bonds is 7. The second-order valence-corrected chi connectivity index (χ2v) is 8.42. The maximum absolute atomic E-state index is 13.7. The van der Waals surface area contributed by atoms with Crippen LogP contribution in [0.4, 0.5) is 0 Å². The van der Waals surface area contributed by atoms with Gasteiger partial charge < -0.3 is 23.8 Å². The van der Waals surface area contributed by atoms with E-state index in [2.05, 4.69) is 0 Å². The third-order valence-corrected chi connectivity index (χ3v) is 6.02. The molecule has 0 aliphatic carbocycles. The summed E-state index contributed by atoms with van der Waals surface area (Å²) in [4.78, 5) is 15.4. The van der Waals surface area contributed by atoms with E-state index in [-0.39, 0.29) is 12.0 Å². The summed E-state index contributed by atoms with van der Waals surface area (Å²) < 4.78 is 24.6. The van der Waals surface area contributed by atoms with Crippen molar-refractivity contribution in [2.24, 2.45) is 0 Å². The second-order valence-electron chi connectivity index (χ2n) is 8.42. The molecule has 0 radical (unpaired) electrons. The molecule has 0 unspecified atom stereocenters. The molecule has 2 heterocycles. The van der Waals surface area contributed by atoms with E-state index in [1.807, 2.05) is 66.7 Å². The van der Waals surface area contributed by atoms with Gasteiger partial charge in [-0.2, -0.15) is 5.10 Å². The van der Waals surface area contributed by atoms with E-state index in [0.29, 0.717) is 53.0 Å². The lowest BCUT2D eigenvalue weighted by atomic mass is 10.1. The largest absolute Gasteiger partial charge is 0.497 e. The summed E-state index contributed by atoms with van der Waals surface area (Å²) in [7, 11) is 4.93. The highest BCUT2D eigenvalue weighted by molar-refractivity contribution is 6.00. The van der Waals surface area contributed by atoms with Crippen molar-refractivity contribution in [2.45, 2.75) is 6.10 Å². The molecular formula is C28H27N3O5. The molecule has 0 saturated heterocycles. The molecule has 0 N–H and O–H groups in total. The number of methoxy groups -OCH3 is 2. The van der Waals surface area contributed by atoms with Crippen molar-refractivity contribution in [1.82, 2.24) is 14.7 Å². The van der Waals surface area contributed by atoms with Crippen molar-refractivity contribution >= 4 is 5.91 Å². The Balaban J connectivity index is 1.47. The van der Waals surface area contributed by atoms with Crippen LogP contribution in [0.15, 0.2) is 79.0 Å². The molecule has 3 aromatic carbocycles. The Bertz CT molecular complexity index is 1370. The summed E-state index contributed by atoms with van der Waals surface area (Å²) in [6.07, 6.45) is 1.46. The van der Waals surface area contributed by atoms with Crippen LogP contribution in [0.5, 0.6) is 23.0 Å². The zero-order valence-electron chi connectivity index (χ0n) is 20.4. The number of amides is 1. The maximum Gasteiger partial charge on any atom is 0.257 e. The molecule has 36 heavy (non-hydrogen) atoms. The number of carbonyl (C=O) groups is 1. The van der Waals surface area contributed by atoms with Crippen LogP contribution in [0, 0.1) is 0 Å². The van der Waals surface area contributed by atoms with E-state index in [9.17, 15) is 4.79 Å².